The summed E-state index contributed by atoms with van der Waals surface area (Å²) in [5, 5.41) is 0. The molecule has 2 aromatic carbocycles. The van der Waals surface area contributed by atoms with Crippen LogP contribution in [-0.2, 0) is 6.54 Å². The van der Waals surface area contributed by atoms with Gasteiger partial charge in [0.05, 0.1) is 6.54 Å². The topological polar surface area (TPSA) is 52.0 Å². The summed E-state index contributed by atoms with van der Waals surface area (Å²) in [6.45, 7) is 0.0952. The zero-order valence-corrected chi connectivity index (χ0v) is 11.8. The van der Waals surface area contributed by atoms with Crippen LogP contribution in [0.4, 0.5) is 0 Å². The number of benzene rings is 2. The molecule has 3 aromatic rings. The molecule has 0 aliphatic carbocycles. The van der Waals surface area contributed by atoms with E-state index >= 15 is 0 Å². The Morgan fingerprint density at radius 3 is 2.09 bits per heavy atom. The molecule has 4 nitrogen and oxygen atoms in total. The Bertz CT molecular complexity index is 792. The molecule has 0 N–H and O–H groups in total. The highest BCUT2D eigenvalue weighted by molar-refractivity contribution is 6.07. The van der Waals surface area contributed by atoms with Crippen LogP contribution in [0.2, 0.25) is 0 Å². The fraction of sp³-hybridized carbons (Fsp3) is 0.0556. The second kappa shape index (κ2) is 6.18. The molecule has 0 aliphatic heterocycles. The highest BCUT2D eigenvalue weighted by atomic mass is 16.1. The van der Waals surface area contributed by atoms with Crippen molar-refractivity contribution in [3.8, 4) is 0 Å². The number of carbonyl (C=O) groups excluding carboxylic acids is 2. The molecule has 0 saturated heterocycles. The van der Waals surface area contributed by atoms with Crippen LogP contribution < -0.4 is 0 Å². The molecule has 0 unspecified atom stereocenters. The number of carbonyl (C=O) groups is 2. The van der Waals surface area contributed by atoms with Crippen LogP contribution >= 0.6 is 0 Å². The minimum absolute atomic E-state index is 0.0549. The van der Waals surface area contributed by atoms with Crippen molar-refractivity contribution in [2.45, 2.75) is 6.54 Å². The molecule has 1 heterocycles. The van der Waals surface area contributed by atoms with Gasteiger partial charge in [0.25, 0.3) is 0 Å². The lowest BCUT2D eigenvalue weighted by atomic mass is 10.1. The van der Waals surface area contributed by atoms with Crippen LogP contribution in [-0.4, -0.2) is 21.1 Å². The highest BCUT2D eigenvalue weighted by Gasteiger charge is 2.17. The number of nitrogens with zero attached hydrogens (tertiary/aromatic N) is 2. The lowest BCUT2D eigenvalue weighted by molar-refractivity contribution is 0.0967. The summed E-state index contributed by atoms with van der Waals surface area (Å²) in [4.78, 5) is 28.8. The molecule has 3 rings (SSSR count). The maximum atomic E-state index is 12.5. The summed E-state index contributed by atoms with van der Waals surface area (Å²) in [7, 11) is 0. The zero-order valence-electron chi connectivity index (χ0n) is 11.8. The Morgan fingerprint density at radius 2 is 1.45 bits per heavy atom. The van der Waals surface area contributed by atoms with E-state index < -0.39 is 0 Å². The molecular formula is C18H14N2O2. The van der Waals surface area contributed by atoms with Gasteiger partial charge in [-0.2, -0.15) is 0 Å². The largest absolute Gasteiger partial charge is 0.320 e. The fourth-order valence-corrected chi connectivity index (χ4v) is 2.23. The van der Waals surface area contributed by atoms with Crippen LogP contribution in [0.5, 0.6) is 0 Å². The Morgan fingerprint density at radius 1 is 0.864 bits per heavy atom. The summed E-state index contributed by atoms with van der Waals surface area (Å²) in [6, 6.07) is 17.9. The van der Waals surface area contributed by atoms with E-state index in [0.29, 0.717) is 11.1 Å². The maximum Gasteiger partial charge on any atom is 0.228 e. The fourth-order valence-electron chi connectivity index (χ4n) is 2.23. The van der Waals surface area contributed by atoms with Gasteiger partial charge in [0.1, 0.15) is 0 Å². The van der Waals surface area contributed by atoms with Crippen LogP contribution in [0.15, 0.2) is 73.1 Å². The number of aromatic nitrogens is 2. The van der Waals surface area contributed by atoms with Crippen LogP contribution in [0, 0.1) is 0 Å². The molecule has 0 saturated carbocycles. The standard InChI is InChI=1S/C18H14N2O2/c21-16(14-7-3-1-4-8-14)13-20-12-11-19-18(20)17(22)15-9-5-2-6-10-15/h1-12H,13H2. The number of hydrogen-bond acceptors (Lipinski definition) is 3. The third kappa shape index (κ3) is 2.86. The van der Waals surface area contributed by atoms with E-state index in [1.165, 1.54) is 6.20 Å². The van der Waals surface area contributed by atoms with Crippen molar-refractivity contribution < 1.29 is 9.59 Å². The molecule has 0 fully saturated rings. The van der Waals surface area contributed by atoms with Gasteiger partial charge in [-0.15, -0.1) is 0 Å². The molecule has 0 amide bonds. The summed E-state index contributed by atoms with van der Waals surface area (Å²) in [5.74, 6) is 0.0302. The lowest BCUT2D eigenvalue weighted by Gasteiger charge is -2.06. The van der Waals surface area contributed by atoms with Crippen molar-refractivity contribution in [1.82, 2.24) is 9.55 Å². The van der Waals surface area contributed by atoms with E-state index in [1.807, 2.05) is 24.3 Å². The van der Waals surface area contributed by atoms with Crippen molar-refractivity contribution in [2.75, 3.05) is 0 Å². The normalized spacial score (nSPS) is 10.4. The smallest absolute Gasteiger partial charge is 0.228 e. The second-order valence-electron chi connectivity index (χ2n) is 4.86. The minimum Gasteiger partial charge on any atom is -0.320 e. The van der Waals surface area contributed by atoms with Gasteiger partial charge in [0, 0.05) is 23.5 Å². The number of imidazole rings is 1. The van der Waals surface area contributed by atoms with Gasteiger partial charge in [-0.05, 0) is 0 Å². The third-order valence-corrected chi connectivity index (χ3v) is 3.36. The quantitative estimate of drug-likeness (QED) is 0.679. The van der Waals surface area contributed by atoms with E-state index in [-0.39, 0.29) is 23.9 Å². The first-order valence-electron chi connectivity index (χ1n) is 6.95. The van der Waals surface area contributed by atoms with E-state index in [4.69, 9.17) is 0 Å². The van der Waals surface area contributed by atoms with Gasteiger partial charge in [-0.1, -0.05) is 60.7 Å². The first kappa shape index (κ1) is 13.9. The average Bonchev–Trinajstić information content (AvgIpc) is 3.04. The Balaban J connectivity index is 1.84. The van der Waals surface area contributed by atoms with Gasteiger partial charge in [-0.3, -0.25) is 9.59 Å². The third-order valence-electron chi connectivity index (χ3n) is 3.36. The number of hydrogen-bond donors (Lipinski definition) is 0. The predicted octanol–water partition coefficient (Wildman–Crippen LogP) is 3.00. The Kier molecular flexibility index (Phi) is 3.92. The molecular weight excluding hydrogens is 276 g/mol. The molecule has 0 radical (unpaired) electrons. The summed E-state index contributed by atoms with van der Waals surface area (Å²) in [6.07, 6.45) is 3.19. The zero-order chi connectivity index (χ0) is 15.4. The van der Waals surface area contributed by atoms with E-state index in [2.05, 4.69) is 4.98 Å². The summed E-state index contributed by atoms with van der Waals surface area (Å²) in [5.41, 5.74) is 1.18. The molecule has 1 aromatic heterocycles. The van der Waals surface area contributed by atoms with Gasteiger partial charge in [0.15, 0.2) is 11.6 Å². The Hall–Kier alpha value is -3.01. The SMILES string of the molecule is O=C(Cn1ccnc1C(=O)c1ccccc1)c1ccccc1. The van der Waals surface area contributed by atoms with Crippen LogP contribution in [0.25, 0.3) is 0 Å². The Labute approximate surface area is 128 Å². The monoisotopic (exact) mass is 290 g/mol. The first-order chi connectivity index (χ1) is 10.8. The summed E-state index contributed by atoms with van der Waals surface area (Å²) >= 11 is 0. The molecule has 0 aliphatic rings. The molecule has 108 valence electrons. The number of ketones is 2. The van der Waals surface area contributed by atoms with E-state index in [0.717, 1.165) is 0 Å². The van der Waals surface area contributed by atoms with Gasteiger partial charge in [-0.25, -0.2) is 4.98 Å². The van der Waals surface area contributed by atoms with Gasteiger partial charge < -0.3 is 4.57 Å². The van der Waals surface area contributed by atoms with Gasteiger partial charge >= 0.3 is 0 Å². The molecule has 0 bridgehead atoms. The molecule has 4 heteroatoms. The van der Waals surface area contributed by atoms with Crippen LogP contribution in [0.1, 0.15) is 26.5 Å². The molecule has 0 spiro atoms. The lowest BCUT2D eigenvalue weighted by Crippen LogP contribution is -2.16. The second-order valence-corrected chi connectivity index (χ2v) is 4.86. The molecule has 0 atom stereocenters. The average molecular weight is 290 g/mol. The first-order valence-corrected chi connectivity index (χ1v) is 6.95. The minimum atomic E-state index is -0.188. The van der Waals surface area contributed by atoms with Crippen molar-refractivity contribution in [1.29, 1.82) is 0 Å². The number of rotatable bonds is 5. The summed E-state index contributed by atoms with van der Waals surface area (Å²) < 4.78 is 1.59. The highest BCUT2D eigenvalue weighted by Crippen LogP contribution is 2.10. The van der Waals surface area contributed by atoms with Crippen LogP contribution in [0.3, 0.4) is 0 Å². The van der Waals surface area contributed by atoms with Crippen molar-refractivity contribution in [3.63, 3.8) is 0 Å². The predicted molar refractivity (Wildman–Crippen MR) is 82.9 cm³/mol. The van der Waals surface area contributed by atoms with Crippen molar-refractivity contribution in [3.05, 3.63) is 90.0 Å². The van der Waals surface area contributed by atoms with Crippen molar-refractivity contribution in [2.24, 2.45) is 0 Å². The maximum absolute atomic E-state index is 12.5. The van der Waals surface area contributed by atoms with Crippen molar-refractivity contribution >= 4 is 11.6 Å². The van der Waals surface area contributed by atoms with E-state index in [9.17, 15) is 9.59 Å². The molecule has 22 heavy (non-hydrogen) atoms. The van der Waals surface area contributed by atoms with E-state index in [1.54, 1.807) is 47.2 Å². The van der Waals surface area contributed by atoms with Gasteiger partial charge in [0.2, 0.25) is 5.78 Å². The number of Topliss-reactive ketones (excluding diaryl/α,β-unsaturated/α-hetero) is 1.